The van der Waals surface area contributed by atoms with Crippen LogP contribution in [0, 0.1) is 0 Å². The molecule has 3 atom stereocenters. The molecule has 0 bridgehead atoms. The van der Waals surface area contributed by atoms with Crippen LogP contribution in [0.15, 0.2) is 72.9 Å². The van der Waals surface area contributed by atoms with Crippen LogP contribution in [0.1, 0.15) is 181 Å². The Morgan fingerprint density at radius 1 is 0.603 bits per heavy atom. The van der Waals surface area contributed by atoms with Crippen molar-refractivity contribution >= 4 is 13.7 Å². The fourth-order valence-corrected chi connectivity index (χ4v) is 6.96. The van der Waals surface area contributed by atoms with Gasteiger partial charge in [0.05, 0.1) is 39.9 Å². The van der Waals surface area contributed by atoms with Crippen LogP contribution in [0.25, 0.3) is 0 Å². The van der Waals surface area contributed by atoms with Crippen molar-refractivity contribution < 1.29 is 32.9 Å². The van der Waals surface area contributed by atoms with Crippen molar-refractivity contribution in [1.82, 2.24) is 5.32 Å². The number of aliphatic hydroxyl groups excluding tert-OH is 1. The topological polar surface area (TPSA) is 105 Å². The Kier molecular flexibility index (Phi) is 38.9. The lowest BCUT2D eigenvalue weighted by Gasteiger charge is -2.25. The molecule has 0 radical (unpaired) electrons. The highest BCUT2D eigenvalue weighted by Gasteiger charge is 2.27. The highest BCUT2D eigenvalue weighted by Crippen LogP contribution is 2.43. The number of phosphoric ester groups is 1. The maximum atomic E-state index is 12.9. The van der Waals surface area contributed by atoms with E-state index in [0.29, 0.717) is 23.9 Å². The molecule has 0 aromatic rings. The molecule has 0 aromatic carbocycles. The van der Waals surface area contributed by atoms with Crippen LogP contribution >= 0.6 is 7.82 Å². The van der Waals surface area contributed by atoms with Crippen molar-refractivity contribution in [1.29, 1.82) is 0 Å². The van der Waals surface area contributed by atoms with Crippen LogP contribution in [0.3, 0.4) is 0 Å². The Morgan fingerprint density at radius 2 is 1.05 bits per heavy atom. The van der Waals surface area contributed by atoms with Gasteiger partial charge in [-0.2, -0.15) is 0 Å². The van der Waals surface area contributed by atoms with Gasteiger partial charge in [0.1, 0.15) is 13.2 Å². The van der Waals surface area contributed by atoms with Gasteiger partial charge in [0.25, 0.3) is 0 Å². The number of hydrogen-bond acceptors (Lipinski definition) is 5. The lowest BCUT2D eigenvalue weighted by atomic mass is 10.0. The molecule has 0 saturated heterocycles. The Balaban J connectivity index is 4.49. The molecule has 0 fully saturated rings. The van der Waals surface area contributed by atoms with E-state index in [1.54, 1.807) is 6.08 Å². The van der Waals surface area contributed by atoms with Crippen molar-refractivity contribution in [3.05, 3.63) is 72.9 Å². The molecular formula is C49H90N2O6P+. The zero-order valence-corrected chi connectivity index (χ0v) is 38.9. The van der Waals surface area contributed by atoms with Gasteiger partial charge < -0.3 is 19.8 Å². The number of unbranched alkanes of at least 4 members (excludes halogenated alkanes) is 18. The van der Waals surface area contributed by atoms with Gasteiger partial charge in [-0.1, -0.05) is 177 Å². The summed E-state index contributed by atoms with van der Waals surface area (Å²) in [5, 5.41) is 13.8. The van der Waals surface area contributed by atoms with Crippen LogP contribution < -0.4 is 5.32 Å². The number of rotatable bonds is 41. The lowest BCUT2D eigenvalue weighted by Crippen LogP contribution is -2.45. The first-order valence-electron chi connectivity index (χ1n) is 23.3. The van der Waals surface area contributed by atoms with Gasteiger partial charge in [0.2, 0.25) is 5.91 Å². The first kappa shape index (κ1) is 55.9. The van der Waals surface area contributed by atoms with E-state index in [2.05, 4.69) is 79.9 Å². The third-order valence-corrected chi connectivity index (χ3v) is 10.9. The summed E-state index contributed by atoms with van der Waals surface area (Å²) in [6, 6.07) is -0.888. The molecule has 9 heteroatoms. The summed E-state index contributed by atoms with van der Waals surface area (Å²) < 4.78 is 23.5. The number of quaternary nitrogens is 1. The van der Waals surface area contributed by atoms with Gasteiger partial charge in [-0.15, -0.1) is 0 Å². The molecule has 0 aliphatic rings. The monoisotopic (exact) mass is 834 g/mol. The largest absolute Gasteiger partial charge is 0.472 e. The summed E-state index contributed by atoms with van der Waals surface area (Å²) in [6.45, 7) is 4.63. The molecule has 0 aliphatic carbocycles. The predicted molar refractivity (Wildman–Crippen MR) is 249 cm³/mol. The number of aliphatic hydroxyl groups is 1. The molecule has 0 heterocycles. The number of phosphoric acid groups is 1. The Hall–Kier alpha value is -2.06. The van der Waals surface area contributed by atoms with Crippen molar-refractivity contribution in [3.63, 3.8) is 0 Å². The fraction of sp³-hybridized carbons (Fsp3) is 0.735. The summed E-state index contributed by atoms with van der Waals surface area (Å²) in [5.74, 6) is -0.230. The van der Waals surface area contributed by atoms with Gasteiger partial charge in [0.15, 0.2) is 0 Å². The van der Waals surface area contributed by atoms with E-state index in [0.717, 1.165) is 57.8 Å². The number of carbonyl (C=O) groups excluding carboxylic acids is 1. The number of carbonyl (C=O) groups is 1. The van der Waals surface area contributed by atoms with E-state index in [1.165, 1.54) is 96.3 Å². The Bertz CT molecular complexity index is 1170. The molecule has 8 nitrogen and oxygen atoms in total. The zero-order valence-electron chi connectivity index (χ0n) is 38.0. The number of nitrogens with one attached hydrogen (secondary N) is 1. The van der Waals surface area contributed by atoms with E-state index in [4.69, 9.17) is 9.05 Å². The van der Waals surface area contributed by atoms with Crippen molar-refractivity contribution in [3.8, 4) is 0 Å². The van der Waals surface area contributed by atoms with Crippen molar-refractivity contribution in [2.24, 2.45) is 0 Å². The van der Waals surface area contributed by atoms with E-state index < -0.39 is 20.0 Å². The molecule has 0 aromatic heterocycles. The molecule has 3 N–H and O–H groups in total. The highest BCUT2D eigenvalue weighted by atomic mass is 31.2. The number of hydrogen-bond donors (Lipinski definition) is 3. The van der Waals surface area contributed by atoms with E-state index in [-0.39, 0.29) is 19.1 Å². The van der Waals surface area contributed by atoms with Crippen molar-refractivity contribution in [2.75, 3.05) is 40.9 Å². The number of likely N-dealkylation sites (N-methyl/N-ethyl adjacent to an activating group) is 1. The summed E-state index contributed by atoms with van der Waals surface area (Å²) in [6.07, 6.45) is 54.2. The van der Waals surface area contributed by atoms with Crippen molar-refractivity contribution in [2.45, 2.75) is 193 Å². The van der Waals surface area contributed by atoms with Gasteiger partial charge in [-0.05, 0) is 70.6 Å². The highest BCUT2D eigenvalue weighted by molar-refractivity contribution is 7.47. The van der Waals surface area contributed by atoms with Crippen LogP contribution in [0.4, 0.5) is 0 Å². The quantitative estimate of drug-likeness (QED) is 0.0245. The summed E-state index contributed by atoms with van der Waals surface area (Å²) in [7, 11) is 1.52. The fourth-order valence-electron chi connectivity index (χ4n) is 6.22. The molecular weight excluding hydrogens is 744 g/mol. The molecule has 0 rings (SSSR count). The molecule has 0 aliphatic heterocycles. The Morgan fingerprint density at radius 3 is 1.59 bits per heavy atom. The third-order valence-electron chi connectivity index (χ3n) is 9.91. The maximum Gasteiger partial charge on any atom is 0.472 e. The normalized spacial score (nSPS) is 14.9. The van der Waals surface area contributed by atoms with Crippen LogP contribution in [-0.2, 0) is 18.4 Å². The molecule has 336 valence electrons. The first-order valence-corrected chi connectivity index (χ1v) is 24.8. The average Bonchev–Trinajstić information content (AvgIpc) is 3.17. The van der Waals surface area contributed by atoms with Gasteiger partial charge in [-0.3, -0.25) is 13.8 Å². The van der Waals surface area contributed by atoms with Gasteiger partial charge in [0, 0.05) is 6.42 Å². The van der Waals surface area contributed by atoms with Crippen LogP contribution in [-0.4, -0.2) is 73.4 Å². The standard InChI is InChI=1S/C49H89N2O6P/c1-6-8-10-12-14-16-18-20-22-23-24-25-26-27-29-30-32-34-36-38-40-42-48(52)47(46-57-58(54,55)56-45-44-51(3,4)5)50-49(53)43-41-39-37-35-33-31-28-21-19-17-15-13-11-9-7-2/h9,11,15,17,21,28,32-35,40,42,47-48,52H,6-8,10,12-14,16,18-20,22-27,29-31,36-39,41,43-46H2,1-5H3,(H-,50,53,54,55)/p+1/b11-9-,17-15-,28-21-,34-32+,35-33-,42-40+. The second-order valence-corrected chi connectivity index (χ2v) is 18.2. The second kappa shape index (κ2) is 40.4. The predicted octanol–water partition coefficient (Wildman–Crippen LogP) is 13.2. The van der Waals surface area contributed by atoms with Gasteiger partial charge >= 0.3 is 7.82 Å². The summed E-state index contributed by atoms with van der Waals surface area (Å²) >= 11 is 0. The minimum absolute atomic E-state index is 0.0446. The average molecular weight is 834 g/mol. The lowest BCUT2D eigenvalue weighted by molar-refractivity contribution is -0.870. The van der Waals surface area contributed by atoms with E-state index >= 15 is 0 Å². The summed E-state index contributed by atoms with van der Waals surface area (Å²) in [4.78, 5) is 23.1. The minimum Gasteiger partial charge on any atom is -0.387 e. The van der Waals surface area contributed by atoms with Crippen LogP contribution in [0.5, 0.6) is 0 Å². The van der Waals surface area contributed by atoms with Gasteiger partial charge in [-0.25, -0.2) is 4.57 Å². The molecule has 0 spiro atoms. The zero-order chi connectivity index (χ0) is 42.8. The maximum absolute atomic E-state index is 12.9. The van der Waals surface area contributed by atoms with Crippen LogP contribution in [0.2, 0.25) is 0 Å². The molecule has 58 heavy (non-hydrogen) atoms. The number of amides is 1. The van der Waals surface area contributed by atoms with E-state index in [1.807, 2.05) is 27.2 Å². The second-order valence-electron chi connectivity index (χ2n) is 16.7. The van der Waals surface area contributed by atoms with E-state index in [9.17, 15) is 19.4 Å². The first-order chi connectivity index (χ1) is 28.0. The molecule has 3 unspecified atom stereocenters. The number of allylic oxidation sites excluding steroid dienone is 11. The smallest absolute Gasteiger partial charge is 0.387 e. The third kappa shape index (κ3) is 42.1. The minimum atomic E-state index is -4.36. The SMILES string of the molecule is CC/C=C\C/C=C\C/C=C\C/C=C\CCCCC(=O)NC(COP(=O)(O)OCC[N+](C)(C)C)C(O)/C=C/CC/C=C/CCCCCCCCCCCCCCCCC. The molecule has 1 amide bonds. The number of nitrogens with zero attached hydrogens (tertiary/aromatic N) is 1. The Labute approximate surface area is 357 Å². The molecule has 0 saturated carbocycles. The summed E-state index contributed by atoms with van der Waals surface area (Å²) in [5.41, 5.74) is 0.